The molecular weight excluding hydrogens is 302 g/mol. The number of carboxylic acid groups (broad SMARTS) is 1. The Bertz CT molecular complexity index is 867. The van der Waals surface area contributed by atoms with Gasteiger partial charge in [-0.05, 0) is 30.7 Å². The molecule has 0 saturated heterocycles. The highest BCUT2D eigenvalue weighted by molar-refractivity contribution is 6.03. The second-order valence-corrected chi connectivity index (χ2v) is 5.42. The van der Waals surface area contributed by atoms with E-state index in [0.717, 1.165) is 0 Å². The Balaban J connectivity index is 2.05. The van der Waals surface area contributed by atoms with Crippen LogP contribution in [0, 0.1) is 6.92 Å². The third-order valence-corrected chi connectivity index (χ3v) is 3.77. The minimum Gasteiger partial charge on any atom is -0.478 e. The third kappa shape index (κ3) is 2.82. The number of hydrogen-bond acceptors (Lipinski definition) is 2. The van der Waals surface area contributed by atoms with Crippen LogP contribution in [0.4, 0.5) is 8.78 Å². The van der Waals surface area contributed by atoms with Crippen molar-refractivity contribution in [3.05, 3.63) is 71.0 Å². The molecule has 3 nitrogen and oxygen atoms in total. The molecule has 0 unspecified atom stereocenters. The number of benzene rings is 2. The Morgan fingerprint density at radius 1 is 1.17 bits per heavy atom. The second kappa shape index (κ2) is 5.50. The van der Waals surface area contributed by atoms with Gasteiger partial charge in [-0.1, -0.05) is 30.3 Å². The fourth-order valence-electron chi connectivity index (χ4n) is 2.67. The summed E-state index contributed by atoms with van der Waals surface area (Å²) in [5.74, 6) is -4.09. The molecular formula is C18H14F2O3. The van der Waals surface area contributed by atoms with Gasteiger partial charge in [0.2, 0.25) is 0 Å². The Kier molecular flexibility index (Phi) is 3.64. The number of hydrogen-bond donors (Lipinski definition) is 1. The number of aromatic carboxylic acids is 1. The molecule has 0 bridgehead atoms. The van der Waals surface area contributed by atoms with E-state index in [1.54, 1.807) is 30.3 Å². The van der Waals surface area contributed by atoms with E-state index >= 15 is 0 Å². The maximum atomic E-state index is 14.5. The summed E-state index contributed by atoms with van der Waals surface area (Å²) < 4.78 is 34.4. The highest BCUT2D eigenvalue weighted by atomic mass is 19.3. The summed E-state index contributed by atoms with van der Waals surface area (Å²) in [7, 11) is 0. The molecule has 0 saturated carbocycles. The monoisotopic (exact) mass is 316 g/mol. The van der Waals surface area contributed by atoms with Gasteiger partial charge in [0.25, 0.3) is 5.92 Å². The second-order valence-electron chi connectivity index (χ2n) is 5.42. The van der Waals surface area contributed by atoms with Crippen LogP contribution in [-0.4, -0.2) is 11.1 Å². The Labute approximate surface area is 131 Å². The normalized spacial score (nSPS) is 11.8. The molecule has 3 aromatic rings. The molecule has 0 fully saturated rings. The van der Waals surface area contributed by atoms with Crippen LogP contribution in [0.15, 0.2) is 52.9 Å². The molecule has 0 aliphatic heterocycles. The van der Waals surface area contributed by atoms with Gasteiger partial charge in [0, 0.05) is 17.4 Å². The molecule has 23 heavy (non-hydrogen) atoms. The Morgan fingerprint density at radius 2 is 1.87 bits per heavy atom. The molecule has 0 spiro atoms. The van der Waals surface area contributed by atoms with E-state index in [1.165, 1.54) is 25.1 Å². The number of carbonyl (C=O) groups is 1. The summed E-state index contributed by atoms with van der Waals surface area (Å²) in [6.45, 7) is 1.51. The third-order valence-electron chi connectivity index (χ3n) is 3.77. The van der Waals surface area contributed by atoms with E-state index < -0.39 is 18.3 Å². The number of furan rings is 1. The van der Waals surface area contributed by atoms with E-state index in [2.05, 4.69) is 0 Å². The number of aryl methyl sites for hydroxylation is 1. The lowest BCUT2D eigenvalue weighted by Crippen LogP contribution is -2.17. The smallest absolute Gasteiger partial charge is 0.339 e. The van der Waals surface area contributed by atoms with Crippen molar-refractivity contribution in [1.29, 1.82) is 0 Å². The molecule has 0 amide bonds. The first-order valence-corrected chi connectivity index (χ1v) is 7.07. The predicted molar refractivity (Wildman–Crippen MR) is 82.0 cm³/mol. The van der Waals surface area contributed by atoms with Gasteiger partial charge in [0.05, 0.1) is 0 Å². The van der Waals surface area contributed by atoms with Gasteiger partial charge in [0.15, 0.2) is 0 Å². The summed E-state index contributed by atoms with van der Waals surface area (Å²) in [6, 6.07) is 12.3. The molecule has 3 rings (SSSR count). The lowest BCUT2D eigenvalue weighted by molar-refractivity contribution is -0.00371. The number of halogens is 2. The number of alkyl halides is 2. The van der Waals surface area contributed by atoms with Crippen LogP contribution in [0.3, 0.4) is 0 Å². The van der Waals surface area contributed by atoms with E-state index in [4.69, 9.17) is 4.42 Å². The number of rotatable bonds is 4. The van der Waals surface area contributed by atoms with Crippen molar-refractivity contribution in [2.75, 3.05) is 0 Å². The minimum absolute atomic E-state index is 0.0719. The molecule has 0 atom stereocenters. The van der Waals surface area contributed by atoms with Crippen LogP contribution >= 0.6 is 0 Å². The first kappa shape index (κ1) is 15.2. The van der Waals surface area contributed by atoms with Crippen LogP contribution in [0.5, 0.6) is 0 Å². The van der Waals surface area contributed by atoms with E-state index in [-0.39, 0.29) is 22.3 Å². The summed E-state index contributed by atoms with van der Waals surface area (Å²) >= 11 is 0. The zero-order valence-electron chi connectivity index (χ0n) is 12.3. The standard InChI is InChI=1S/C18H14F2O3/c1-11-16(17(21)22)14-9-13(7-8-15(14)23-11)18(19,20)10-12-5-3-2-4-6-12/h2-9H,10H2,1H3,(H,21,22). The lowest BCUT2D eigenvalue weighted by atomic mass is 9.98. The Hall–Kier alpha value is -2.69. The van der Waals surface area contributed by atoms with Crippen molar-refractivity contribution in [3.8, 4) is 0 Å². The van der Waals surface area contributed by atoms with Crippen LogP contribution < -0.4 is 0 Å². The average molecular weight is 316 g/mol. The fourth-order valence-corrected chi connectivity index (χ4v) is 2.67. The zero-order chi connectivity index (χ0) is 16.6. The molecule has 0 radical (unpaired) electrons. The first-order chi connectivity index (χ1) is 10.9. The number of fused-ring (bicyclic) bond motifs is 1. The largest absolute Gasteiger partial charge is 0.478 e. The van der Waals surface area contributed by atoms with Crippen LogP contribution in [-0.2, 0) is 12.3 Å². The average Bonchev–Trinajstić information content (AvgIpc) is 2.82. The van der Waals surface area contributed by atoms with Crippen LogP contribution in [0.1, 0.15) is 27.2 Å². The highest BCUT2D eigenvalue weighted by Gasteiger charge is 2.33. The van der Waals surface area contributed by atoms with Crippen LogP contribution in [0.25, 0.3) is 11.0 Å². The molecule has 2 aromatic carbocycles. The first-order valence-electron chi connectivity index (χ1n) is 7.07. The maximum absolute atomic E-state index is 14.5. The summed E-state index contributed by atoms with van der Waals surface area (Å²) in [5.41, 5.74) is 0.508. The maximum Gasteiger partial charge on any atom is 0.339 e. The topological polar surface area (TPSA) is 50.4 Å². The van der Waals surface area contributed by atoms with E-state index in [1.807, 2.05) is 0 Å². The van der Waals surface area contributed by atoms with Gasteiger partial charge in [-0.25, -0.2) is 13.6 Å². The minimum atomic E-state index is -3.10. The van der Waals surface area contributed by atoms with Crippen molar-refractivity contribution in [3.63, 3.8) is 0 Å². The molecule has 1 N–H and O–H groups in total. The SMILES string of the molecule is Cc1oc2ccc(C(F)(F)Cc3ccccc3)cc2c1C(=O)O. The molecule has 1 aromatic heterocycles. The predicted octanol–water partition coefficient (Wildman–Crippen LogP) is 4.77. The van der Waals surface area contributed by atoms with E-state index in [9.17, 15) is 18.7 Å². The molecule has 0 aliphatic carbocycles. The van der Waals surface area contributed by atoms with Crippen molar-refractivity contribution >= 4 is 16.9 Å². The fraction of sp³-hybridized carbons (Fsp3) is 0.167. The van der Waals surface area contributed by atoms with Crippen molar-refractivity contribution in [1.82, 2.24) is 0 Å². The quantitative estimate of drug-likeness (QED) is 0.754. The van der Waals surface area contributed by atoms with Crippen molar-refractivity contribution in [2.45, 2.75) is 19.3 Å². The summed E-state index contributed by atoms with van der Waals surface area (Å²) in [5, 5.41) is 9.43. The van der Waals surface area contributed by atoms with Crippen LogP contribution in [0.2, 0.25) is 0 Å². The van der Waals surface area contributed by atoms with Gasteiger partial charge in [-0.2, -0.15) is 0 Å². The lowest BCUT2D eigenvalue weighted by Gasteiger charge is -2.17. The zero-order valence-corrected chi connectivity index (χ0v) is 12.3. The van der Waals surface area contributed by atoms with Crippen molar-refractivity contribution in [2.24, 2.45) is 0 Å². The number of carboxylic acids is 1. The highest BCUT2D eigenvalue weighted by Crippen LogP contribution is 2.35. The van der Waals surface area contributed by atoms with Gasteiger partial charge in [0.1, 0.15) is 16.9 Å². The van der Waals surface area contributed by atoms with Gasteiger partial charge in [-0.3, -0.25) is 0 Å². The summed E-state index contributed by atoms with van der Waals surface area (Å²) in [4.78, 5) is 11.3. The molecule has 1 heterocycles. The molecule has 0 aliphatic rings. The molecule has 5 heteroatoms. The van der Waals surface area contributed by atoms with Gasteiger partial charge >= 0.3 is 5.97 Å². The van der Waals surface area contributed by atoms with Gasteiger partial charge < -0.3 is 9.52 Å². The van der Waals surface area contributed by atoms with E-state index in [0.29, 0.717) is 11.1 Å². The van der Waals surface area contributed by atoms with Crippen molar-refractivity contribution < 1.29 is 23.1 Å². The Morgan fingerprint density at radius 3 is 2.52 bits per heavy atom. The van der Waals surface area contributed by atoms with Gasteiger partial charge in [-0.15, -0.1) is 0 Å². The molecule has 118 valence electrons. The summed E-state index contributed by atoms with van der Waals surface area (Å²) in [6.07, 6.45) is -0.446.